The number of carbonyl (C=O) groups is 1. The van der Waals surface area contributed by atoms with Gasteiger partial charge in [0.15, 0.2) is 0 Å². The van der Waals surface area contributed by atoms with Crippen molar-refractivity contribution in [3.05, 3.63) is 40.6 Å². The van der Waals surface area contributed by atoms with Crippen molar-refractivity contribution >= 4 is 17.5 Å². The third kappa shape index (κ3) is 4.09. The van der Waals surface area contributed by atoms with Crippen LogP contribution in [-0.2, 0) is 18.4 Å². The third-order valence-electron chi connectivity index (χ3n) is 2.95. The number of hydrogen-bond donors (Lipinski definition) is 1. The Kier molecular flexibility index (Phi) is 5.41. The first kappa shape index (κ1) is 15.6. The summed E-state index contributed by atoms with van der Waals surface area (Å²) in [6.07, 6.45) is 2.32. The molecule has 0 aliphatic heterocycles. The monoisotopic (exact) mass is 311 g/mol. The van der Waals surface area contributed by atoms with Gasteiger partial charge in [0.25, 0.3) is 5.91 Å². The molecule has 0 bridgehead atoms. The summed E-state index contributed by atoms with van der Waals surface area (Å²) in [6.45, 7) is 3.25. The van der Waals surface area contributed by atoms with Gasteiger partial charge >= 0.3 is 0 Å². The molecule has 2 rings (SSSR count). The fourth-order valence-electron chi connectivity index (χ4n) is 1.92. The lowest BCUT2D eigenvalue weighted by molar-refractivity contribution is 0.0916. The molecule has 2 aromatic heterocycles. The molecule has 0 unspecified atom stereocenters. The molecule has 0 fully saturated rings. The standard InChI is InChI=1S/C14H18ClN3O3/c1-10-12(13(15)18(2)17-10)14(19)16-6-4-7-20-9-11-5-3-8-21-11/h3,5,8H,4,6-7,9H2,1-2H3,(H,16,19). The van der Waals surface area contributed by atoms with Gasteiger partial charge in [-0.3, -0.25) is 9.48 Å². The molecule has 0 saturated carbocycles. The summed E-state index contributed by atoms with van der Waals surface area (Å²) in [5.74, 6) is 0.577. The van der Waals surface area contributed by atoms with Crippen molar-refractivity contribution in [1.29, 1.82) is 0 Å². The molecule has 0 spiro atoms. The van der Waals surface area contributed by atoms with E-state index in [1.165, 1.54) is 4.68 Å². The molecule has 1 amide bonds. The maximum atomic E-state index is 12.0. The Morgan fingerprint density at radius 3 is 3.00 bits per heavy atom. The van der Waals surface area contributed by atoms with Gasteiger partial charge in [0, 0.05) is 20.2 Å². The fourth-order valence-corrected chi connectivity index (χ4v) is 2.18. The number of carbonyl (C=O) groups excluding carboxylic acids is 1. The van der Waals surface area contributed by atoms with E-state index in [2.05, 4.69) is 10.4 Å². The molecule has 6 nitrogen and oxygen atoms in total. The summed E-state index contributed by atoms with van der Waals surface area (Å²) in [4.78, 5) is 12.0. The lowest BCUT2D eigenvalue weighted by atomic mass is 10.2. The maximum Gasteiger partial charge on any atom is 0.256 e. The van der Waals surface area contributed by atoms with Gasteiger partial charge in [-0.25, -0.2) is 0 Å². The summed E-state index contributed by atoms with van der Waals surface area (Å²) in [5.41, 5.74) is 1.05. The van der Waals surface area contributed by atoms with Crippen molar-refractivity contribution in [2.75, 3.05) is 13.2 Å². The Labute approximate surface area is 128 Å². The predicted molar refractivity (Wildman–Crippen MR) is 78.3 cm³/mol. The quantitative estimate of drug-likeness (QED) is 0.797. The SMILES string of the molecule is Cc1nn(C)c(Cl)c1C(=O)NCCCOCc1ccco1. The van der Waals surface area contributed by atoms with Gasteiger partial charge < -0.3 is 14.5 Å². The summed E-state index contributed by atoms with van der Waals surface area (Å²) in [7, 11) is 1.70. The largest absolute Gasteiger partial charge is 0.467 e. The number of nitrogens with zero attached hydrogens (tertiary/aromatic N) is 2. The zero-order chi connectivity index (χ0) is 15.2. The van der Waals surface area contributed by atoms with E-state index in [-0.39, 0.29) is 5.91 Å². The van der Waals surface area contributed by atoms with Gasteiger partial charge in [0.05, 0.1) is 17.5 Å². The molecule has 114 valence electrons. The summed E-state index contributed by atoms with van der Waals surface area (Å²) in [5, 5.41) is 7.26. The molecule has 7 heteroatoms. The number of furan rings is 1. The Hall–Kier alpha value is -1.79. The highest BCUT2D eigenvalue weighted by molar-refractivity contribution is 6.33. The van der Waals surface area contributed by atoms with Gasteiger partial charge in [0.2, 0.25) is 0 Å². The normalized spacial score (nSPS) is 10.8. The highest BCUT2D eigenvalue weighted by Crippen LogP contribution is 2.18. The molecule has 21 heavy (non-hydrogen) atoms. The molecule has 0 aromatic carbocycles. The summed E-state index contributed by atoms with van der Waals surface area (Å²) >= 11 is 6.03. The predicted octanol–water partition coefficient (Wildman–Crippen LogP) is 2.31. The number of nitrogens with one attached hydrogen (secondary N) is 1. The van der Waals surface area contributed by atoms with Crippen molar-refractivity contribution < 1.29 is 13.9 Å². The highest BCUT2D eigenvalue weighted by atomic mass is 35.5. The first-order valence-corrected chi connectivity index (χ1v) is 7.05. The van der Waals surface area contributed by atoms with Gasteiger partial charge in [-0.2, -0.15) is 5.10 Å². The Bertz CT molecular complexity index is 593. The van der Waals surface area contributed by atoms with Crippen LogP contribution in [0.3, 0.4) is 0 Å². The zero-order valence-corrected chi connectivity index (χ0v) is 12.8. The first-order valence-electron chi connectivity index (χ1n) is 6.67. The second kappa shape index (κ2) is 7.28. The topological polar surface area (TPSA) is 69.3 Å². The number of halogens is 1. The van der Waals surface area contributed by atoms with Crippen molar-refractivity contribution in [1.82, 2.24) is 15.1 Å². The first-order chi connectivity index (χ1) is 10.1. The van der Waals surface area contributed by atoms with E-state index >= 15 is 0 Å². The van der Waals surface area contributed by atoms with Crippen LogP contribution in [0.25, 0.3) is 0 Å². The van der Waals surface area contributed by atoms with Crippen molar-refractivity contribution in [2.24, 2.45) is 7.05 Å². The van der Waals surface area contributed by atoms with Crippen LogP contribution in [0.1, 0.15) is 28.2 Å². The van der Waals surface area contributed by atoms with Crippen LogP contribution in [0, 0.1) is 6.92 Å². The van der Waals surface area contributed by atoms with Crippen LogP contribution in [0.4, 0.5) is 0 Å². The molecule has 2 aromatic rings. The summed E-state index contributed by atoms with van der Waals surface area (Å²) < 4.78 is 12.1. The minimum atomic E-state index is -0.211. The fraction of sp³-hybridized carbons (Fsp3) is 0.429. The number of ether oxygens (including phenoxy) is 1. The van der Waals surface area contributed by atoms with E-state index in [1.807, 2.05) is 12.1 Å². The van der Waals surface area contributed by atoms with Crippen LogP contribution in [0.2, 0.25) is 5.15 Å². The Balaban J connectivity index is 1.67. The van der Waals surface area contributed by atoms with E-state index in [0.717, 1.165) is 5.76 Å². The Morgan fingerprint density at radius 2 is 2.38 bits per heavy atom. The van der Waals surface area contributed by atoms with Gasteiger partial charge in [-0.1, -0.05) is 11.6 Å². The molecule has 0 atom stereocenters. The Morgan fingerprint density at radius 1 is 1.57 bits per heavy atom. The minimum Gasteiger partial charge on any atom is -0.467 e. The minimum absolute atomic E-state index is 0.211. The number of amides is 1. The van der Waals surface area contributed by atoms with Gasteiger partial charge in [-0.15, -0.1) is 0 Å². The van der Waals surface area contributed by atoms with Gasteiger partial charge in [-0.05, 0) is 25.5 Å². The van der Waals surface area contributed by atoms with Gasteiger partial charge in [0.1, 0.15) is 17.5 Å². The second-order valence-electron chi connectivity index (χ2n) is 4.62. The molecule has 0 aliphatic rings. The highest BCUT2D eigenvalue weighted by Gasteiger charge is 2.18. The number of hydrogen-bond acceptors (Lipinski definition) is 4. The van der Waals surface area contributed by atoms with E-state index in [4.69, 9.17) is 20.8 Å². The van der Waals surface area contributed by atoms with E-state index in [9.17, 15) is 4.79 Å². The van der Waals surface area contributed by atoms with Crippen LogP contribution >= 0.6 is 11.6 Å². The third-order valence-corrected chi connectivity index (χ3v) is 3.39. The van der Waals surface area contributed by atoms with E-state index in [0.29, 0.717) is 42.6 Å². The molecule has 0 saturated heterocycles. The number of aryl methyl sites for hydroxylation is 2. The molecule has 0 radical (unpaired) electrons. The maximum absolute atomic E-state index is 12.0. The second-order valence-corrected chi connectivity index (χ2v) is 4.97. The van der Waals surface area contributed by atoms with Crippen LogP contribution in [0.15, 0.2) is 22.8 Å². The molecule has 0 aliphatic carbocycles. The van der Waals surface area contributed by atoms with Crippen LogP contribution < -0.4 is 5.32 Å². The summed E-state index contributed by atoms with van der Waals surface area (Å²) in [6, 6.07) is 3.67. The van der Waals surface area contributed by atoms with E-state index in [1.54, 1.807) is 20.2 Å². The van der Waals surface area contributed by atoms with Crippen molar-refractivity contribution in [3.63, 3.8) is 0 Å². The zero-order valence-electron chi connectivity index (χ0n) is 12.1. The number of aromatic nitrogens is 2. The van der Waals surface area contributed by atoms with E-state index < -0.39 is 0 Å². The molecule has 2 heterocycles. The van der Waals surface area contributed by atoms with Crippen molar-refractivity contribution in [2.45, 2.75) is 20.0 Å². The van der Waals surface area contributed by atoms with Crippen molar-refractivity contribution in [3.8, 4) is 0 Å². The lowest BCUT2D eigenvalue weighted by Gasteiger charge is -2.05. The smallest absolute Gasteiger partial charge is 0.256 e. The molecular weight excluding hydrogens is 294 g/mol. The lowest BCUT2D eigenvalue weighted by Crippen LogP contribution is -2.25. The average Bonchev–Trinajstić information content (AvgIpc) is 3.03. The van der Waals surface area contributed by atoms with Crippen LogP contribution in [0.5, 0.6) is 0 Å². The molecule has 1 N–H and O–H groups in total. The average molecular weight is 312 g/mol. The van der Waals surface area contributed by atoms with Crippen LogP contribution in [-0.4, -0.2) is 28.8 Å². The number of rotatable bonds is 7. The molecular formula is C14H18ClN3O3.